The second-order valence-corrected chi connectivity index (χ2v) is 7.61. The van der Waals surface area contributed by atoms with Gasteiger partial charge in [-0.3, -0.25) is 0 Å². The molecule has 0 bridgehead atoms. The van der Waals surface area contributed by atoms with Crippen molar-refractivity contribution in [2.75, 3.05) is 13.1 Å². The lowest BCUT2D eigenvalue weighted by molar-refractivity contribution is 0.235. The van der Waals surface area contributed by atoms with Gasteiger partial charge in [-0.15, -0.1) is 0 Å². The zero-order chi connectivity index (χ0) is 15.9. The molecule has 0 radical (unpaired) electrons. The Bertz CT molecular complexity index is 482. The van der Waals surface area contributed by atoms with Gasteiger partial charge in [-0.1, -0.05) is 49.6 Å². The summed E-state index contributed by atoms with van der Waals surface area (Å²) in [5, 5.41) is 4.59. The fraction of sp³-hybridized carbons (Fsp3) is 0.650. The normalized spacial score (nSPS) is 22.8. The Morgan fingerprint density at radius 3 is 2.52 bits per heavy atom. The summed E-state index contributed by atoms with van der Waals surface area (Å²) in [4.78, 5) is 2.47. The number of benzene rings is 1. The number of thiocarbonyl (C=S) groups is 1. The standard InChI is InChI=1S/C20H30N2S/c23-20(21-16-18-11-5-2-6-12-18)22-14-8-7-13-19(22)15-17-9-3-1-4-10-17/h1,3-4,9-10,18-19H,2,5-8,11-16H2,(H,21,23). The Balaban J connectivity index is 1.53. The van der Waals surface area contributed by atoms with E-state index in [1.165, 1.54) is 56.9 Å². The predicted molar refractivity (Wildman–Crippen MR) is 102 cm³/mol. The van der Waals surface area contributed by atoms with Gasteiger partial charge in [0.05, 0.1) is 0 Å². The summed E-state index contributed by atoms with van der Waals surface area (Å²) in [6, 6.07) is 11.4. The van der Waals surface area contributed by atoms with Gasteiger partial charge >= 0.3 is 0 Å². The highest BCUT2D eigenvalue weighted by atomic mass is 32.1. The SMILES string of the molecule is S=C(NCC1CCCCC1)N1CCCCC1Cc1ccccc1. The molecule has 2 nitrogen and oxygen atoms in total. The van der Waals surface area contributed by atoms with Crippen molar-refractivity contribution in [3.05, 3.63) is 35.9 Å². The maximum Gasteiger partial charge on any atom is 0.169 e. The molecule has 1 aliphatic heterocycles. The molecule has 1 heterocycles. The van der Waals surface area contributed by atoms with Gasteiger partial charge in [0.25, 0.3) is 0 Å². The summed E-state index contributed by atoms with van der Waals surface area (Å²) in [6.07, 6.45) is 12.0. The first kappa shape index (κ1) is 16.8. The third-order valence-electron chi connectivity index (χ3n) is 5.47. The van der Waals surface area contributed by atoms with Crippen LogP contribution in [0.2, 0.25) is 0 Å². The van der Waals surface area contributed by atoms with Crippen LogP contribution in [0.3, 0.4) is 0 Å². The highest BCUT2D eigenvalue weighted by molar-refractivity contribution is 7.80. The van der Waals surface area contributed by atoms with Crippen LogP contribution in [0.25, 0.3) is 0 Å². The third-order valence-corrected chi connectivity index (χ3v) is 5.85. The molecule has 1 unspecified atom stereocenters. The Kier molecular flexibility index (Phi) is 6.32. The maximum atomic E-state index is 5.75. The molecule has 0 aromatic heterocycles. The van der Waals surface area contributed by atoms with Crippen LogP contribution < -0.4 is 5.32 Å². The summed E-state index contributed by atoms with van der Waals surface area (Å²) < 4.78 is 0. The Morgan fingerprint density at radius 1 is 1.00 bits per heavy atom. The Hall–Kier alpha value is -1.09. The topological polar surface area (TPSA) is 15.3 Å². The van der Waals surface area contributed by atoms with Gasteiger partial charge in [0.15, 0.2) is 5.11 Å². The van der Waals surface area contributed by atoms with Crippen LogP contribution in [-0.2, 0) is 6.42 Å². The van der Waals surface area contributed by atoms with Crippen molar-refractivity contribution in [2.24, 2.45) is 5.92 Å². The summed E-state index contributed by atoms with van der Waals surface area (Å²) in [5.41, 5.74) is 1.43. The first-order valence-electron chi connectivity index (χ1n) is 9.41. The van der Waals surface area contributed by atoms with E-state index >= 15 is 0 Å². The fourth-order valence-corrected chi connectivity index (χ4v) is 4.41. The van der Waals surface area contributed by atoms with Crippen LogP contribution in [-0.4, -0.2) is 29.1 Å². The number of rotatable bonds is 4. The number of nitrogens with one attached hydrogen (secondary N) is 1. The molecule has 0 amide bonds. The van der Waals surface area contributed by atoms with Crippen molar-refractivity contribution < 1.29 is 0 Å². The Labute approximate surface area is 146 Å². The van der Waals surface area contributed by atoms with Gasteiger partial charge < -0.3 is 10.2 Å². The lowest BCUT2D eigenvalue weighted by Crippen LogP contribution is -2.50. The molecule has 3 heteroatoms. The molecule has 126 valence electrons. The fourth-order valence-electron chi connectivity index (χ4n) is 4.09. The maximum absolute atomic E-state index is 5.75. The minimum atomic E-state index is 0.567. The molecule has 1 aromatic rings. The number of piperidine rings is 1. The molecular formula is C20H30N2S. The van der Waals surface area contributed by atoms with Crippen molar-refractivity contribution in [1.82, 2.24) is 10.2 Å². The lowest BCUT2D eigenvalue weighted by Gasteiger charge is -2.38. The van der Waals surface area contributed by atoms with Crippen LogP contribution in [0.5, 0.6) is 0 Å². The molecule has 2 fully saturated rings. The molecule has 1 aliphatic carbocycles. The van der Waals surface area contributed by atoms with Crippen molar-refractivity contribution in [2.45, 2.75) is 63.8 Å². The monoisotopic (exact) mass is 330 g/mol. The van der Waals surface area contributed by atoms with Gasteiger partial charge in [-0.2, -0.15) is 0 Å². The lowest BCUT2D eigenvalue weighted by atomic mass is 9.89. The largest absolute Gasteiger partial charge is 0.362 e. The van der Waals surface area contributed by atoms with Crippen molar-refractivity contribution >= 4 is 17.3 Å². The van der Waals surface area contributed by atoms with Gasteiger partial charge in [-0.05, 0) is 62.2 Å². The quantitative estimate of drug-likeness (QED) is 0.816. The average molecular weight is 331 g/mol. The molecule has 0 spiro atoms. The molecule has 23 heavy (non-hydrogen) atoms. The zero-order valence-electron chi connectivity index (χ0n) is 14.2. The van der Waals surface area contributed by atoms with Crippen molar-refractivity contribution in [3.8, 4) is 0 Å². The highest BCUT2D eigenvalue weighted by Crippen LogP contribution is 2.24. The van der Waals surface area contributed by atoms with Crippen LogP contribution >= 0.6 is 12.2 Å². The van der Waals surface area contributed by atoms with Gasteiger partial charge in [0, 0.05) is 19.1 Å². The van der Waals surface area contributed by atoms with Crippen LogP contribution in [0, 0.1) is 5.92 Å². The van der Waals surface area contributed by atoms with Crippen LogP contribution in [0.15, 0.2) is 30.3 Å². The van der Waals surface area contributed by atoms with Crippen molar-refractivity contribution in [3.63, 3.8) is 0 Å². The van der Waals surface area contributed by atoms with E-state index in [2.05, 4.69) is 40.5 Å². The minimum absolute atomic E-state index is 0.567. The highest BCUT2D eigenvalue weighted by Gasteiger charge is 2.25. The second-order valence-electron chi connectivity index (χ2n) is 7.22. The predicted octanol–water partition coefficient (Wildman–Crippen LogP) is 4.54. The number of nitrogens with zero attached hydrogens (tertiary/aromatic N) is 1. The molecule has 1 saturated heterocycles. The van der Waals surface area contributed by atoms with Crippen LogP contribution in [0.1, 0.15) is 56.9 Å². The van der Waals surface area contributed by atoms with E-state index in [1.807, 2.05) is 0 Å². The summed E-state index contributed by atoms with van der Waals surface area (Å²) >= 11 is 5.75. The summed E-state index contributed by atoms with van der Waals surface area (Å²) in [5.74, 6) is 0.832. The molecule has 3 rings (SSSR count). The van der Waals surface area contributed by atoms with E-state index in [-0.39, 0.29) is 0 Å². The van der Waals surface area contributed by atoms with E-state index in [0.717, 1.165) is 30.5 Å². The van der Waals surface area contributed by atoms with E-state index < -0.39 is 0 Å². The van der Waals surface area contributed by atoms with E-state index in [0.29, 0.717) is 6.04 Å². The molecule has 1 N–H and O–H groups in total. The molecular weight excluding hydrogens is 300 g/mol. The van der Waals surface area contributed by atoms with E-state index in [4.69, 9.17) is 12.2 Å². The number of hydrogen-bond donors (Lipinski definition) is 1. The zero-order valence-corrected chi connectivity index (χ0v) is 15.0. The van der Waals surface area contributed by atoms with E-state index in [9.17, 15) is 0 Å². The summed E-state index contributed by atoms with van der Waals surface area (Å²) in [6.45, 7) is 2.20. The number of likely N-dealkylation sites (tertiary alicyclic amines) is 1. The number of hydrogen-bond acceptors (Lipinski definition) is 1. The van der Waals surface area contributed by atoms with E-state index in [1.54, 1.807) is 0 Å². The molecule has 1 atom stereocenters. The first-order valence-corrected chi connectivity index (χ1v) is 9.82. The molecule has 2 aliphatic rings. The smallest absolute Gasteiger partial charge is 0.169 e. The van der Waals surface area contributed by atoms with Gasteiger partial charge in [0.1, 0.15) is 0 Å². The van der Waals surface area contributed by atoms with Crippen molar-refractivity contribution in [1.29, 1.82) is 0 Å². The minimum Gasteiger partial charge on any atom is -0.362 e. The molecule has 1 aromatic carbocycles. The van der Waals surface area contributed by atoms with Gasteiger partial charge in [-0.25, -0.2) is 0 Å². The van der Waals surface area contributed by atoms with Crippen LogP contribution in [0.4, 0.5) is 0 Å². The first-order chi connectivity index (χ1) is 11.3. The third kappa shape index (κ3) is 4.94. The second kappa shape index (κ2) is 8.68. The van der Waals surface area contributed by atoms with Gasteiger partial charge in [0.2, 0.25) is 0 Å². The average Bonchev–Trinajstić information content (AvgIpc) is 2.62. The molecule has 1 saturated carbocycles. The Morgan fingerprint density at radius 2 is 1.74 bits per heavy atom. The summed E-state index contributed by atoms with van der Waals surface area (Å²) in [7, 11) is 0.